The normalized spacial score (nSPS) is 13.2. The topological polar surface area (TPSA) is 92.6 Å². The number of benzene rings is 2. The molecule has 0 unspecified atom stereocenters. The number of rotatable bonds is 4. The largest absolute Gasteiger partial charge is 0.322 e. The number of nitrogens with zero attached hydrogens (tertiary/aromatic N) is 2. The molecule has 146 valence electrons. The van der Waals surface area contributed by atoms with Gasteiger partial charge in [-0.05, 0) is 42.7 Å². The predicted octanol–water partition coefficient (Wildman–Crippen LogP) is 4.44. The first kappa shape index (κ1) is 19.8. The fourth-order valence-corrected chi connectivity index (χ4v) is 3.48. The molecule has 0 saturated carbocycles. The number of nitro benzene ring substituents is 1. The van der Waals surface area contributed by atoms with E-state index < -0.39 is 10.8 Å². The molecule has 0 radical (unpaired) electrons. The Morgan fingerprint density at radius 1 is 1.21 bits per heavy atom. The molecule has 2 aromatic carbocycles. The molecule has 7 nitrogen and oxygen atoms in total. The lowest BCUT2D eigenvalue weighted by Crippen LogP contribution is -2.38. The van der Waals surface area contributed by atoms with E-state index in [0.717, 1.165) is 30.2 Å². The van der Waals surface area contributed by atoms with Crippen LogP contribution >= 0.6 is 11.6 Å². The molecular formula is C20H20ClN3O4. The molecular weight excluding hydrogens is 382 g/mol. The van der Waals surface area contributed by atoms with Crippen LogP contribution in [0.4, 0.5) is 17.1 Å². The summed E-state index contributed by atoms with van der Waals surface area (Å²) in [6.07, 6.45) is 1.68. The molecule has 0 saturated heterocycles. The van der Waals surface area contributed by atoms with Gasteiger partial charge in [-0.1, -0.05) is 25.4 Å². The van der Waals surface area contributed by atoms with E-state index in [-0.39, 0.29) is 28.1 Å². The van der Waals surface area contributed by atoms with E-state index in [1.165, 1.54) is 12.1 Å². The summed E-state index contributed by atoms with van der Waals surface area (Å²) in [5.41, 5.74) is 2.42. The third-order valence-corrected chi connectivity index (χ3v) is 4.94. The van der Waals surface area contributed by atoms with Crippen molar-refractivity contribution in [3.8, 4) is 0 Å². The van der Waals surface area contributed by atoms with Crippen LogP contribution in [0.1, 0.15) is 36.2 Å². The van der Waals surface area contributed by atoms with Crippen molar-refractivity contribution in [1.82, 2.24) is 0 Å². The smallest absolute Gasteiger partial charge is 0.270 e. The minimum Gasteiger partial charge on any atom is -0.322 e. The molecule has 2 aromatic rings. The molecule has 0 fully saturated rings. The first-order valence-electron chi connectivity index (χ1n) is 8.97. The fourth-order valence-electron chi connectivity index (χ4n) is 3.22. The van der Waals surface area contributed by atoms with Crippen LogP contribution in [-0.4, -0.2) is 23.3 Å². The number of halogens is 1. The second-order valence-corrected chi connectivity index (χ2v) is 7.37. The average Bonchev–Trinajstić information content (AvgIpc) is 2.66. The Morgan fingerprint density at radius 3 is 2.61 bits per heavy atom. The van der Waals surface area contributed by atoms with Gasteiger partial charge in [0, 0.05) is 36.0 Å². The number of fused-ring (bicyclic) bond motifs is 1. The number of anilines is 2. The third-order valence-electron chi connectivity index (χ3n) is 4.62. The molecule has 1 aliphatic rings. The van der Waals surface area contributed by atoms with Crippen LogP contribution in [0, 0.1) is 16.0 Å². The molecule has 1 N–H and O–H groups in total. The van der Waals surface area contributed by atoms with Crippen molar-refractivity contribution < 1.29 is 14.5 Å². The first-order valence-corrected chi connectivity index (χ1v) is 9.35. The van der Waals surface area contributed by atoms with Crippen molar-refractivity contribution in [1.29, 1.82) is 0 Å². The van der Waals surface area contributed by atoms with E-state index in [0.29, 0.717) is 12.2 Å². The molecule has 0 spiro atoms. The summed E-state index contributed by atoms with van der Waals surface area (Å²) >= 11 is 6.02. The maximum atomic E-state index is 12.5. The average molecular weight is 402 g/mol. The van der Waals surface area contributed by atoms with Crippen LogP contribution in [0.2, 0.25) is 5.02 Å². The highest BCUT2D eigenvalue weighted by atomic mass is 35.5. The van der Waals surface area contributed by atoms with E-state index in [1.807, 2.05) is 26.0 Å². The lowest BCUT2D eigenvalue weighted by molar-refractivity contribution is -0.384. The summed E-state index contributed by atoms with van der Waals surface area (Å²) in [6, 6.07) is 9.15. The quantitative estimate of drug-likeness (QED) is 0.605. The summed E-state index contributed by atoms with van der Waals surface area (Å²) in [6.45, 7) is 4.44. The maximum absolute atomic E-state index is 12.5. The molecule has 0 bridgehead atoms. The minimum absolute atomic E-state index is 0.0124. The lowest BCUT2D eigenvalue weighted by atomic mass is 9.99. The monoisotopic (exact) mass is 401 g/mol. The highest BCUT2D eigenvalue weighted by molar-refractivity contribution is 6.34. The van der Waals surface area contributed by atoms with Crippen LogP contribution < -0.4 is 10.2 Å². The third kappa shape index (κ3) is 3.99. The molecule has 1 aliphatic heterocycles. The highest BCUT2D eigenvalue weighted by Crippen LogP contribution is 2.31. The number of nitrogens with one attached hydrogen (secondary N) is 1. The van der Waals surface area contributed by atoms with E-state index in [4.69, 9.17) is 11.6 Å². The number of carbonyl (C=O) groups excluding carboxylic acids is 2. The van der Waals surface area contributed by atoms with Crippen molar-refractivity contribution in [3.63, 3.8) is 0 Å². The summed E-state index contributed by atoms with van der Waals surface area (Å²) in [4.78, 5) is 37.0. The Morgan fingerprint density at radius 2 is 1.96 bits per heavy atom. The van der Waals surface area contributed by atoms with Gasteiger partial charge in [-0.3, -0.25) is 19.7 Å². The van der Waals surface area contributed by atoms with Gasteiger partial charge in [0.25, 0.3) is 11.6 Å². The fraction of sp³-hybridized carbons (Fsp3) is 0.300. The summed E-state index contributed by atoms with van der Waals surface area (Å²) < 4.78 is 0. The zero-order chi connectivity index (χ0) is 20.4. The van der Waals surface area contributed by atoms with E-state index in [9.17, 15) is 19.7 Å². The Labute approximate surface area is 167 Å². The zero-order valence-corrected chi connectivity index (χ0v) is 16.3. The van der Waals surface area contributed by atoms with E-state index in [1.54, 1.807) is 11.0 Å². The molecule has 0 aromatic heterocycles. The van der Waals surface area contributed by atoms with Crippen LogP contribution in [0.15, 0.2) is 36.4 Å². The number of amides is 2. The number of carbonyl (C=O) groups is 2. The zero-order valence-electron chi connectivity index (χ0n) is 15.6. The number of aryl methyl sites for hydroxylation is 1. The molecule has 8 heteroatoms. The van der Waals surface area contributed by atoms with E-state index in [2.05, 4.69) is 5.32 Å². The highest BCUT2D eigenvalue weighted by Gasteiger charge is 2.24. The number of nitro groups is 1. The van der Waals surface area contributed by atoms with Gasteiger partial charge in [-0.2, -0.15) is 0 Å². The van der Waals surface area contributed by atoms with E-state index >= 15 is 0 Å². The predicted molar refractivity (Wildman–Crippen MR) is 108 cm³/mol. The maximum Gasteiger partial charge on any atom is 0.270 e. The lowest BCUT2D eigenvalue weighted by Gasteiger charge is -2.31. The van der Waals surface area contributed by atoms with Crippen LogP contribution in [0.25, 0.3) is 0 Å². The Kier molecular flexibility index (Phi) is 5.65. The first-order chi connectivity index (χ1) is 13.3. The summed E-state index contributed by atoms with van der Waals surface area (Å²) in [5, 5.41) is 13.6. The van der Waals surface area contributed by atoms with Gasteiger partial charge in [0.1, 0.15) is 0 Å². The van der Waals surface area contributed by atoms with Crippen molar-refractivity contribution in [3.05, 3.63) is 62.7 Å². The molecule has 2 amide bonds. The van der Waals surface area contributed by atoms with Crippen LogP contribution in [0.3, 0.4) is 0 Å². The number of hydrogen-bond donors (Lipinski definition) is 1. The molecule has 28 heavy (non-hydrogen) atoms. The van der Waals surface area contributed by atoms with Gasteiger partial charge in [-0.25, -0.2) is 0 Å². The summed E-state index contributed by atoms with van der Waals surface area (Å²) in [5.74, 6) is -0.462. The minimum atomic E-state index is -0.568. The van der Waals surface area contributed by atoms with Crippen LogP contribution in [0.5, 0.6) is 0 Å². The van der Waals surface area contributed by atoms with Gasteiger partial charge in [0.15, 0.2) is 0 Å². The Balaban J connectivity index is 1.82. The molecule has 0 atom stereocenters. The van der Waals surface area contributed by atoms with Gasteiger partial charge < -0.3 is 10.2 Å². The van der Waals surface area contributed by atoms with Crippen molar-refractivity contribution in [2.75, 3.05) is 16.8 Å². The second-order valence-electron chi connectivity index (χ2n) is 6.97. The molecule has 3 rings (SSSR count). The number of non-ortho nitro benzene ring substituents is 1. The van der Waals surface area contributed by atoms with Crippen LogP contribution in [-0.2, 0) is 11.2 Å². The Hall–Kier alpha value is -2.93. The SMILES string of the molecule is CC(C)C(=O)N1CCCc2cc(NC(=O)c3ccc([N+](=O)[O-])cc3Cl)ccc21. The van der Waals surface area contributed by atoms with Crippen molar-refractivity contribution >= 4 is 40.5 Å². The Bertz CT molecular complexity index is 958. The summed E-state index contributed by atoms with van der Waals surface area (Å²) in [7, 11) is 0. The number of hydrogen-bond acceptors (Lipinski definition) is 4. The van der Waals surface area contributed by atoms with Gasteiger partial charge >= 0.3 is 0 Å². The second kappa shape index (κ2) is 7.98. The van der Waals surface area contributed by atoms with Gasteiger partial charge in [-0.15, -0.1) is 0 Å². The van der Waals surface area contributed by atoms with Gasteiger partial charge in [0.2, 0.25) is 5.91 Å². The van der Waals surface area contributed by atoms with Gasteiger partial charge in [0.05, 0.1) is 15.5 Å². The molecule has 1 heterocycles. The van der Waals surface area contributed by atoms with Crippen molar-refractivity contribution in [2.45, 2.75) is 26.7 Å². The molecule has 0 aliphatic carbocycles. The van der Waals surface area contributed by atoms with Crippen molar-refractivity contribution in [2.24, 2.45) is 5.92 Å². The standard InChI is InChI=1S/C20H20ClN3O4/c1-12(2)20(26)23-9-3-4-13-10-14(5-8-18(13)23)22-19(25)16-7-6-15(24(27)28)11-17(16)21/h5-8,10-12H,3-4,9H2,1-2H3,(H,22,25).